The van der Waals surface area contributed by atoms with Gasteiger partial charge in [-0.25, -0.2) is 17.2 Å². The van der Waals surface area contributed by atoms with Gasteiger partial charge in [0, 0.05) is 5.56 Å². The molecule has 1 aliphatic rings. The Bertz CT molecular complexity index is 591. The van der Waals surface area contributed by atoms with Crippen LogP contribution in [0.2, 0.25) is 0 Å². The molecule has 1 heterocycles. The van der Waals surface area contributed by atoms with Crippen LogP contribution in [0.5, 0.6) is 5.75 Å². The lowest BCUT2D eigenvalue weighted by molar-refractivity contribution is 0.0681. The van der Waals surface area contributed by atoms with Gasteiger partial charge in [0.1, 0.15) is 18.5 Å². The van der Waals surface area contributed by atoms with Crippen LogP contribution in [-0.2, 0) is 9.84 Å². The van der Waals surface area contributed by atoms with Crippen LogP contribution in [-0.4, -0.2) is 43.5 Å². The molecule has 5 nitrogen and oxygen atoms in total. The number of halogens is 2. The van der Waals surface area contributed by atoms with Gasteiger partial charge in [-0.1, -0.05) is 0 Å². The average molecular weight is 292 g/mol. The minimum atomic E-state index is -3.48. The van der Waals surface area contributed by atoms with Crippen LogP contribution >= 0.6 is 0 Å². The fraction of sp³-hybridized carbons (Fsp3) is 0.364. The van der Waals surface area contributed by atoms with Crippen molar-refractivity contribution in [2.45, 2.75) is 12.2 Å². The van der Waals surface area contributed by atoms with E-state index in [-0.39, 0.29) is 11.8 Å². The van der Waals surface area contributed by atoms with Gasteiger partial charge in [0.2, 0.25) is 0 Å². The normalized spacial score (nSPS) is 25.2. The number of ether oxygens (including phenoxy) is 1. The first-order valence-electron chi connectivity index (χ1n) is 5.32. The molecule has 1 N–H and O–H groups in total. The molecular formula is C11H10F2O5S. The van der Waals surface area contributed by atoms with Crippen molar-refractivity contribution < 1.29 is 31.8 Å². The Hall–Kier alpha value is -1.54. The Labute approximate surface area is 107 Å². The lowest BCUT2D eigenvalue weighted by Crippen LogP contribution is -2.30. The smallest absolute Gasteiger partial charge is 0.191 e. The van der Waals surface area contributed by atoms with Crippen molar-refractivity contribution in [2.75, 3.05) is 11.5 Å². The fourth-order valence-corrected chi connectivity index (χ4v) is 3.48. The lowest BCUT2D eigenvalue weighted by atomic mass is 10.2. The van der Waals surface area contributed by atoms with E-state index in [1.165, 1.54) is 0 Å². The summed E-state index contributed by atoms with van der Waals surface area (Å²) in [6.07, 6.45) is -2.30. The van der Waals surface area contributed by atoms with Crippen molar-refractivity contribution in [3.8, 4) is 5.75 Å². The third-order valence-electron chi connectivity index (χ3n) is 2.70. The molecule has 104 valence electrons. The quantitative estimate of drug-likeness (QED) is 0.811. The van der Waals surface area contributed by atoms with Gasteiger partial charge in [-0.3, -0.25) is 4.79 Å². The summed E-state index contributed by atoms with van der Waals surface area (Å²) in [6.45, 7) is 0. The van der Waals surface area contributed by atoms with Gasteiger partial charge in [0.05, 0.1) is 11.5 Å². The zero-order chi connectivity index (χ0) is 14.2. The number of aliphatic hydroxyl groups is 1. The highest BCUT2D eigenvalue weighted by Gasteiger charge is 2.39. The number of carbonyl (C=O) groups is 1. The van der Waals surface area contributed by atoms with Crippen molar-refractivity contribution in [1.29, 1.82) is 0 Å². The van der Waals surface area contributed by atoms with E-state index in [9.17, 15) is 27.1 Å². The van der Waals surface area contributed by atoms with Crippen LogP contribution in [0, 0.1) is 11.6 Å². The fourth-order valence-electron chi connectivity index (χ4n) is 1.82. The molecule has 1 aromatic rings. The number of rotatable bonds is 3. The molecule has 2 unspecified atom stereocenters. The van der Waals surface area contributed by atoms with Gasteiger partial charge >= 0.3 is 0 Å². The molecule has 1 aliphatic heterocycles. The molecule has 1 fully saturated rings. The predicted molar refractivity (Wildman–Crippen MR) is 60.8 cm³/mol. The number of hydrogen-bond donors (Lipinski definition) is 1. The maximum Gasteiger partial charge on any atom is 0.191 e. The van der Waals surface area contributed by atoms with Crippen molar-refractivity contribution in [2.24, 2.45) is 0 Å². The molecule has 8 heteroatoms. The Balaban J connectivity index is 2.27. The zero-order valence-corrected chi connectivity index (χ0v) is 10.4. The van der Waals surface area contributed by atoms with E-state index in [1.807, 2.05) is 0 Å². The van der Waals surface area contributed by atoms with Crippen molar-refractivity contribution in [1.82, 2.24) is 0 Å². The maximum absolute atomic E-state index is 13.5. The number of carbonyl (C=O) groups excluding carboxylic acids is 1. The highest BCUT2D eigenvalue weighted by Crippen LogP contribution is 2.27. The van der Waals surface area contributed by atoms with Crippen molar-refractivity contribution in [3.63, 3.8) is 0 Å². The summed E-state index contributed by atoms with van der Waals surface area (Å²) in [5, 5.41) is 9.46. The van der Waals surface area contributed by atoms with Crippen LogP contribution in [0.1, 0.15) is 10.4 Å². The molecule has 1 aromatic carbocycles. The van der Waals surface area contributed by atoms with E-state index in [2.05, 4.69) is 0 Å². The molecule has 0 radical (unpaired) electrons. The molecule has 0 bridgehead atoms. The summed E-state index contributed by atoms with van der Waals surface area (Å²) in [5.41, 5.74) is -0.207. The summed E-state index contributed by atoms with van der Waals surface area (Å²) in [7, 11) is -3.48. The molecule has 2 rings (SSSR count). The van der Waals surface area contributed by atoms with Crippen molar-refractivity contribution in [3.05, 3.63) is 29.3 Å². The molecule has 0 amide bonds. The SMILES string of the molecule is O=Cc1cc(F)c(OC2CS(=O)(=O)CC2O)c(F)c1. The van der Waals surface area contributed by atoms with Gasteiger partial charge in [-0.15, -0.1) is 0 Å². The summed E-state index contributed by atoms with van der Waals surface area (Å²) < 4.78 is 54.4. The summed E-state index contributed by atoms with van der Waals surface area (Å²) >= 11 is 0. The number of aliphatic hydroxyl groups excluding tert-OH is 1. The molecule has 0 spiro atoms. The Morgan fingerprint density at radius 1 is 1.26 bits per heavy atom. The summed E-state index contributed by atoms with van der Waals surface area (Å²) in [5.74, 6) is -4.07. The van der Waals surface area contributed by atoms with Crippen LogP contribution < -0.4 is 4.74 Å². The summed E-state index contributed by atoms with van der Waals surface area (Å²) in [4.78, 5) is 10.4. The lowest BCUT2D eigenvalue weighted by Gasteiger charge is -2.16. The monoisotopic (exact) mass is 292 g/mol. The topological polar surface area (TPSA) is 80.7 Å². The predicted octanol–water partition coefficient (Wildman–Crippen LogP) is 0.314. The van der Waals surface area contributed by atoms with Gasteiger partial charge in [-0.05, 0) is 12.1 Å². The standard InChI is InChI=1S/C11H10F2O5S/c12-7-1-6(3-14)2-8(13)11(7)18-10-5-19(16,17)4-9(10)15/h1-3,9-10,15H,4-5H2. The van der Waals surface area contributed by atoms with Crippen LogP contribution in [0.3, 0.4) is 0 Å². The largest absolute Gasteiger partial charge is 0.480 e. The first-order valence-corrected chi connectivity index (χ1v) is 7.14. The second-order valence-electron chi connectivity index (χ2n) is 4.23. The maximum atomic E-state index is 13.5. The summed E-state index contributed by atoms with van der Waals surface area (Å²) in [6, 6.07) is 1.53. The van der Waals surface area contributed by atoms with E-state index in [4.69, 9.17) is 4.74 Å². The van der Waals surface area contributed by atoms with E-state index in [0.717, 1.165) is 12.1 Å². The van der Waals surface area contributed by atoms with Crippen LogP contribution in [0.4, 0.5) is 8.78 Å². The Morgan fingerprint density at radius 2 is 1.84 bits per heavy atom. The van der Waals surface area contributed by atoms with Gasteiger partial charge in [0.25, 0.3) is 0 Å². The molecule has 19 heavy (non-hydrogen) atoms. The minimum absolute atomic E-state index is 0.207. The van der Waals surface area contributed by atoms with Crippen molar-refractivity contribution >= 4 is 16.1 Å². The Morgan fingerprint density at radius 3 is 2.26 bits per heavy atom. The van der Waals surface area contributed by atoms with Gasteiger partial charge < -0.3 is 9.84 Å². The number of benzene rings is 1. The van der Waals surface area contributed by atoms with Gasteiger partial charge in [-0.2, -0.15) is 0 Å². The van der Waals surface area contributed by atoms with E-state index in [1.54, 1.807) is 0 Å². The van der Waals surface area contributed by atoms with Crippen LogP contribution in [0.15, 0.2) is 12.1 Å². The van der Waals surface area contributed by atoms with Gasteiger partial charge in [0.15, 0.2) is 27.2 Å². The molecule has 0 aromatic heterocycles. The molecule has 2 atom stereocenters. The minimum Gasteiger partial charge on any atom is -0.480 e. The molecule has 0 saturated carbocycles. The van der Waals surface area contributed by atoms with E-state index in [0.29, 0.717) is 0 Å². The average Bonchev–Trinajstić information content (AvgIpc) is 2.56. The first kappa shape index (κ1) is 13.9. The second-order valence-corrected chi connectivity index (χ2v) is 6.39. The molecule has 0 aliphatic carbocycles. The highest BCUT2D eigenvalue weighted by molar-refractivity contribution is 7.91. The zero-order valence-electron chi connectivity index (χ0n) is 9.55. The molecule has 1 saturated heterocycles. The van der Waals surface area contributed by atoms with Crippen LogP contribution in [0.25, 0.3) is 0 Å². The Kier molecular flexibility index (Phi) is 3.55. The third-order valence-corrected chi connectivity index (χ3v) is 4.38. The second kappa shape index (κ2) is 4.86. The highest BCUT2D eigenvalue weighted by atomic mass is 32.2. The third kappa shape index (κ3) is 2.90. The first-order chi connectivity index (χ1) is 8.82. The van der Waals surface area contributed by atoms with E-state index >= 15 is 0 Å². The molecular weight excluding hydrogens is 282 g/mol. The number of sulfone groups is 1. The number of hydrogen-bond acceptors (Lipinski definition) is 5. The number of aldehydes is 1. The van der Waals surface area contributed by atoms with E-state index < -0.39 is 50.9 Å².